The van der Waals surface area contributed by atoms with Crippen LogP contribution in [0.3, 0.4) is 0 Å². The largest absolute Gasteiger partial charge is 0.381 e. The van der Waals surface area contributed by atoms with E-state index in [4.69, 9.17) is 9.47 Å². The SMILES string of the molecule is O=C(NCC1CCOCC1)C1NNC2CCC(c3cnccc3CN3CCOCC3)CC21. The summed E-state index contributed by atoms with van der Waals surface area (Å²) in [5.41, 5.74) is 9.47. The summed E-state index contributed by atoms with van der Waals surface area (Å²) in [4.78, 5) is 20.0. The summed E-state index contributed by atoms with van der Waals surface area (Å²) in [6.45, 7) is 6.94. The molecular weight excluding hydrogens is 406 g/mol. The second-order valence-corrected chi connectivity index (χ2v) is 9.81. The number of hydrogen-bond acceptors (Lipinski definition) is 7. The number of aromatic nitrogens is 1. The lowest BCUT2D eigenvalue weighted by atomic mass is 9.73. The van der Waals surface area contributed by atoms with Crippen LogP contribution in [0.25, 0.3) is 0 Å². The van der Waals surface area contributed by atoms with E-state index in [1.165, 1.54) is 11.1 Å². The lowest BCUT2D eigenvalue weighted by Crippen LogP contribution is -2.47. The Balaban J connectivity index is 1.22. The van der Waals surface area contributed by atoms with E-state index in [0.717, 1.165) is 84.7 Å². The molecule has 8 nitrogen and oxygen atoms in total. The number of hydrazine groups is 1. The van der Waals surface area contributed by atoms with E-state index in [2.05, 4.69) is 38.3 Å². The zero-order valence-corrected chi connectivity index (χ0v) is 18.9. The van der Waals surface area contributed by atoms with Gasteiger partial charge in [0.2, 0.25) is 5.91 Å². The van der Waals surface area contributed by atoms with Gasteiger partial charge in [0.05, 0.1) is 13.2 Å². The van der Waals surface area contributed by atoms with Crippen molar-refractivity contribution >= 4 is 5.91 Å². The molecule has 1 saturated carbocycles. The van der Waals surface area contributed by atoms with Crippen molar-refractivity contribution in [1.82, 2.24) is 26.1 Å². The second kappa shape index (κ2) is 10.6. The van der Waals surface area contributed by atoms with Gasteiger partial charge in [-0.3, -0.25) is 20.1 Å². The molecule has 4 aliphatic rings. The summed E-state index contributed by atoms with van der Waals surface area (Å²) < 4.78 is 11.0. The van der Waals surface area contributed by atoms with Gasteiger partial charge in [0, 0.05) is 63.7 Å². The van der Waals surface area contributed by atoms with Crippen molar-refractivity contribution in [2.45, 2.75) is 56.7 Å². The Hall–Kier alpha value is -1.58. The Labute approximate surface area is 190 Å². The molecule has 0 spiro atoms. The number of rotatable bonds is 6. The second-order valence-electron chi connectivity index (χ2n) is 9.81. The van der Waals surface area contributed by atoms with Gasteiger partial charge in [0.15, 0.2) is 0 Å². The molecule has 5 rings (SSSR count). The van der Waals surface area contributed by atoms with Crippen LogP contribution < -0.4 is 16.2 Å². The molecule has 1 aromatic rings. The number of ether oxygens (including phenoxy) is 2. The first kappa shape index (κ1) is 22.2. The molecule has 32 heavy (non-hydrogen) atoms. The molecule has 0 aromatic carbocycles. The summed E-state index contributed by atoms with van der Waals surface area (Å²) in [7, 11) is 0. The highest BCUT2D eigenvalue weighted by Crippen LogP contribution is 2.40. The molecule has 0 radical (unpaired) electrons. The van der Waals surface area contributed by atoms with Crippen LogP contribution in [0.1, 0.15) is 49.1 Å². The summed E-state index contributed by atoms with van der Waals surface area (Å²) in [5.74, 6) is 1.43. The maximum absolute atomic E-state index is 13.0. The molecule has 8 heteroatoms. The van der Waals surface area contributed by atoms with Crippen molar-refractivity contribution in [2.75, 3.05) is 46.1 Å². The maximum Gasteiger partial charge on any atom is 0.238 e. The minimum absolute atomic E-state index is 0.136. The average molecular weight is 444 g/mol. The van der Waals surface area contributed by atoms with Crippen LogP contribution in [0, 0.1) is 11.8 Å². The lowest BCUT2D eigenvalue weighted by Gasteiger charge is -2.34. The minimum Gasteiger partial charge on any atom is -0.381 e. The number of fused-ring (bicyclic) bond motifs is 1. The third-order valence-corrected chi connectivity index (χ3v) is 7.82. The van der Waals surface area contributed by atoms with Crippen molar-refractivity contribution in [2.24, 2.45) is 11.8 Å². The zero-order chi connectivity index (χ0) is 21.8. The van der Waals surface area contributed by atoms with Gasteiger partial charge >= 0.3 is 0 Å². The number of carbonyl (C=O) groups is 1. The molecule has 4 heterocycles. The molecular formula is C24H37N5O3. The van der Waals surface area contributed by atoms with Gasteiger partial charge in [-0.1, -0.05) is 0 Å². The molecule has 1 amide bonds. The number of amides is 1. The van der Waals surface area contributed by atoms with E-state index in [1.807, 2.05) is 6.20 Å². The fraction of sp³-hybridized carbons (Fsp3) is 0.750. The molecule has 0 bridgehead atoms. The predicted molar refractivity (Wildman–Crippen MR) is 121 cm³/mol. The number of hydrogen-bond donors (Lipinski definition) is 3. The van der Waals surface area contributed by atoms with Gasteiger partial charge in [0.25, 0.3) is 0 Å². The van der Waals surface area contributed by atoms with Crippen LogP contribution in [0.5, 0.6) is 0 Å². The van der Waals surface area contributed by atoms with Gasteiger partial charge in [-0.15, -0.1) is 0 Å². The lowest BCUT2D eigenvalue weighted by molar-refractivity contribution is -0.124. The monoisotopic (exact) mass is 443 g/mol. The molecule has 3 aliphatic heterocycles. The van der Waals surface area contributed by atoms with Crippen molar-refractivity contribution in [3.8, 4) is 0 Å². The first-order chi connectivity index (χ1) is 15.8. The smallest absolute Gasteiger partial charge is 0.238 e. The Morgan fingerprint density at radius 2 is 1.91 bits per heavy atom. The van der Waals surface area contributed by atoms with Crippen LogP contribution in [0.4, 0.5) is 0 Å². The normalized spacial score (nSPS) is 31.9. The molecule has 4 fully saturated rings. The van der Waals surface area contributed by atoms with Gasteiger partial charge in [0.1, 0.15) is 6.04 Å². The number of pyridine rings is 1. The topological polar surface area (TPSA) is 87.8 Å². The predicted octanol–water partition coefficient (Wildman–Crippen LogP) is 1.19. The molecule has 1 aromatic heterocycles. The number of nitrogens with zero attached hydrogens (tertiary/aromatic N) is 2. The minimum atomic E-state index is -0.165. The molecule has 3 N–H and O–H groups in total. The molecule has 176 valence electrons. The van der Waals surface area contributed by atoms with Crippen molar-refractivity contribution in [3.05, 3.63) is 29.6 Å². The van der Waals surface area contributed by atoms with Gasteiger partial charge < -0.3 is 14.8 Å². The fourth-order valence-electron chi connectivity index (χ4n) is 5.85. The average Bonchev–Trinajstić information content (AvgIpc) is 3.28. The van der Waals surface area contributed by atoms with E-state index in [0.29, 0.717) is 23.8 Å². The van der Waals surface area contributed by atoms with Gasteiger partial charge in [-0.2, -0.15) is 0 Å². The van der Waals surface area contributed by atoms with Crippen molar-refractivity contribution in [3.63, 3.8) is 0 Å². The third-order valence-electron chi connectivity index (χ3n) is 7.82. The highest BCUT2D eigenvalue weighted by molar-refractivity contribution is 5.82. The zero-order valence-electron chi connectivity index (χ0n) is 18.9. The Morgan fingerprint density at radius 1 is 1.09 bits per heavy atom. The molecule has 1 aliphatic carbocycles. The van der Waals surface area contributed by atoms with Crippen LogP contribution >= 0.6 is 0 Å². The van der Waals surface area contributed by atoms with Crippen molar-refractivity contribution in [1.29, 1.82) is 0 Å². The third kappa shape index (κ3) is 5.15. The van der Waals surface area contributed by atoms with E-state index in [1.54, 1.807) is 0 Å². The number of nitrogens with one attached hydrogen (secondary N) is 3. The van der Waals surface area contributed by atoms with Gasteiger partial charge in [-0.25, -0.2) is 5.43 Å². The molecule has 4 unspecified atom stereocenters. The molecule has 4 atom stereocenters. The van der Waals surface area contributed by atoms with E-state index in [9.17, 15) is 4.79 Å². The molecule has 3 saturated heterocycles. The van der Waals surface area contributed by atoms with Crippen LogP contribution in [0.2, 0.25) is 0 Å². The first-order valence-electron chi connectivity index (χ1n) is 12.4. The van der Waals surface area contributed by atoms with Crippen LogP contribution in [0.15, 0.2) is 18.5 Å². The summed E-state index contributed by atoms with van der Waals surface area (Å²) in [6.07, 6.45) is 9.29. The number of carbonyl (C=O) groups excluding carboxylic acids is 1. The highest BCUT2D eigenvalue weighted by atomic mass is 16.5. The van der Waals surface area contributed by atoms with Crippen LogP contribution in [-0.2, 0) is 20.8 Å². The van der Waals surface area contributed by atoms with E-state index < -0.39 is 0 Å². The number of morpholine rings is 1. The highest BCUT2D eigenvalue weighted by Gasteiger charge is 2.44. The summed E-state index contributed by atoms with van der Waals surface area (Å²) in [5, 5.41) is 3.22. The Kier molecular flexibility index (Phi) is 7.34. The Morgan fingerprint density at radius 3 is 2.75 bits per heavy atom. The van der Waals surface area contributed by atoms with Crippen molar-refractivity contribution < 1.29 is 14.3 Å². The quantitative estimate of drug-likeness (QED) is 0.609. The summed E-state index contributed by atoms with van der Waals surface area (Å²) in [6, 6.07) is 2.38. The van der Waals surface area contributed by atoms with E-state index >= 15 is 0 Å². The summed E-state index contributed by atoms with van der Waals surface area (Å²) >= 11 is 0. The first-order valence-corrected chi connectivity index (χ1v) is 12.4. The fourth-order valence-corrected chi connectivity index (χ4v) is 5.85. The van der Waals surface area contributed by atoms with E-state index in [-0.39, 0.29) is 11.9 Å². The van der Waals surface area contributed by atoms with Crippen LogP contribution in [-0.4, -0.2) is 73.9 Å². The maximum atomic E-state index is 13.0. The standard InChI is InChI=1S/C24H37N5O3/c30-24(26-14-17-4-9-31-10-5-17)23-20-13-18(1-2-22(20)27-28-23)21-15-25-6-3-19(21)16-29-7-11-32-12-8-29/h3,6,15,17-18,20,22-23,27-28H,1-2,4-5,7-14,16H2,(H,26,30). The van der Waals surface area contributed by atoms with Gasteiger partial charge in [-0.05, 0) is 61.1 Å². The Bertz CT molecular complexity index is 766.